The fourth-order valence-electron chi connectivity index (χ4n) is 1.78. The lowest BCUT2D eigenvalue weighted by Gasteiger charge is -2.08. The van der Waals surface area contributed by atoms with E-state index in [9.17, 15) is 0 Å². The number of aryl methyl sites for hydroxylation is 2. The number of hydrogen-bond donors (Lipinski definition) is 0. The number of methoxy groups -OCH3 is 2. The topological polar surface area (TPSA) is 44.5 Å². The minimum Gasteiger partial charge on any atom is -0.493 e. The van der Waals surface area contributed by atoms with Gasteiger partial charge >= 0.3 is 0 Å². The normalized spacial score (nSPS) is 10.4. The Balaban J connectivity index is 2.50. The highest BCUT2D eigenvalue weighted by Gasteiger charge is 2.12. The Morgan fingerprint density at radius 1 is 1.06 bits per heavy atom. The molecule has 17 heavy (non-hydrogen) atoms. The lowest BCUT2D eigenvalue weighted by Crippen LogP contribution is -1.91. The monoisotopic (exact) mass is 233 g/mol. The number of aromatic nitrogens is 1. The molecule has 0 aliphatic carbocycles. The maximum atomic E-state index is 5.42. The lowest BCUT2D eigenvalue weighted by atomic mass is 10.1. The molecule has 0 fully saturated rings. The van der Waals surface area contributed by atoms with Crippen molar-refractivity contribution in [1.82, 2.24) is 4.98 Å². The van der Waals surface area contributed by atoms with E-state index < -0.39 is 0 Å². The van der Waals surface area contributed by atoms with Crippen molar-refractivity contribution in [1.29, 1.82) is 0 Å². The molecule has 4 heteroatoms. The van der Waals surface area contributed by atoms with Crippen molar-refractivity contribution in [3.05, 3.63) is 29.9 Å². The molecule has 4 nitrogen and oxygen atoms in total. The van der Waals surface area contributed by atoms with Crippen LogP contribution in [0.3, 0.4) is 0 Å². The van der Waals surface area contributed by atoms with Crippen molar-refractivity contribution in [3.63, 3.8) is 0 Å². The van der Waals surface area contributed by atoms with Crippen LogP contribution in [0.2, 0.25) is 0 Å². The van der Waals surface area contributed by atoms with Crippen LogP contribution in [0.25, 0.3) is 11.3 Å². The van der Waals surface area contributed by atoms with E-state index in [1.54, 1.807) is 14.2 Å². The summed E-state index contributed by atoms with van der Waals surface area (Å²) in [7, 11) is 3.23. The first-order valence-corrected chi connectivity index (χ1v) is 5.32. The third-order valence-electron chi connectivity index (χ3n) is 2.56. The smallest absolute Gasteiger partial charge is 0.191 e. The second-order valence-electron chi connectivity index (χ2n) is 3.71. The Hall–Kier alpha value is -1.97. The molecule has 1 aromatic carbocycles. The number of ether oxygens (including phenoxy) is 2. The largest absolute Gasteiger partial charge is 0.493 e. The van der Waals surface area contributed by atoms with Gasteiger partial charge in [-0.25, -0.2) is 4.98 Å². The van der Waals surface area contributed by atoms with Crippen LogP contribution in [0.4, 0.5) is 0 Å². The van der Waals surface area contributed by atoms with Gasteiger partial charge in [-0.3, -0.25) is 0 Å². The summed E-state index contributed by atoms with van der Waals surface area (Å²) >= 11 is 0. The van der Waals surface area contributed by atoms with E-state index in [1.807, 2.05) is 32.0 Å². The van der Waals surface area contributed by atoms with Crippen molar-refractivity contribution < 1.29 is 13.9 Å². The number of benzene rings is 1. The van der Waals surface area contributed by atoms with Gasteiger partial charge < -0.3 is 13.9 Å². The first-order valence-electron chi connectivity index (χ1n) is 5.32. The quantitative estimate of drug-likeness (QED) is 0.817. The van der Waals surface area contributed by atoms with Gasteiger partial charge in [-0.1, -0.05) is 0 Å². The highest BCUT2D eigenvalue weighted by atomic mass is 16.5. The van der Waals surface area contributed by atoms with Crippen LogP contribution in [-0.4, -0.2) is 19.2 Å². The predicted octanol–water partition coefficient (Wildman–Crippen LogP) is 2.98. The Kier molecular flexibility index (Phi) is 3.04. The molecule has 1 heterocycles. The zero-order valence-corrected chi connectivity index (χ0v) is 10.4. The number of nitrogens with zero attached hydrogens (tertiary/aromatic N) is 1. The maximum absolute atomic E-state index is 5.42. The van der Waals surface area contributed by atoms with Crippen LogP contribution in [0.5, 0.6) is 11.5 Å². The molecule has 0 radical (unpaired) electrons. The van der Waals surface area contributed by atoms with Crippen molar-refractivity contribution in [3.8, 4) is 22.8 Å². The van der Waals surface area contributed by atoms with Gasteiger partial charge in [0.1, 0.15) is 11.5 Å². The van der Waals surface area contributed by atoms with E-state index in [0.29, 0.717) is 17.4 Å². The molecule has 0 N–H and O–H groups in total. The first kappa shape index (κ1) is 11.5. The molecule has 0 amide bonds. The average molecular weight is 233 g/mol. The zero-order valence-electron chi connectivity index (χ0n) is 10.4. The Bertz CT molecular complexity index is 531. The summed E-state index contributed by atoms with van der Waals surface area (Å²) in [6.45, 7) is 3.73. The third-order valence-corrected chi connectivity index (χ3v) is 2.56. The highest BCUT2D eigenvalue weighted by molar-refractivity contribution is 5.65. The van der Waals surface area contributed by atoms with Gasteiger partial charge in [-0.2, -0.15) is 0 Å². The number of oxazole rings is 1. The molecule has 0 atom stereocenters. The van der Waals surface area contributed by atoms with Crippen LogP contribution in [-0.2, 0) is 0 Å². The van der Waals surface area contributed by atoms with E-state index in [1.165, 1.54) is 0 Å². The Labute approximate surface area is 100 Å². The SMILES string of the molecule is COc1ccc(-c2nc(C)oc2C)cc1OC. The molecular weight excluding hydrogens is 218 g/mol. The predicted molar refractivity (Wildman–Crippen MR) is 64.5 cm³/mol. The van der Waals surface area contributed by atoms with Crippen molar-refractivity contribution in [2.75, 3.05) is 14.2 Å². The van der Waals surface area contributed by atoms with Gasteiger partial charge in [0.2, 0.25) is 0 Å². The van der Waals surface area contributed by atoms with Crippen molar-refractivity contribution in [2.45, 2.75) is 13.8 Å². The van der Waals surface area contributed by atoms with Crippen LogP contribution in [0.15, 0.2) is 22.6 Å². The molecule has 1 aromatic heterocycles. The molecule has 0 bridgehead atoms. The maximum Gasteiger partial charge on any atom is 0.191 e. The molecule has 90 valence electrons. The molecule has 0 aliphatic heterocycles. The van der Waals surface area contributed by atoms with Gasteiger partial charge in [0, 0.05) is 12.5 Å². The molecule has 2 rings (SSSR count). The van der Waals surface area contributed by atoms with Crippen LogP contribution in [0, 0.1) is 13.8 Å². The second kappa shape index (κ2) is 4.49. The summed E-state index contributed by atoms with van der Waals surface area (Å²) in [5.74, 6) is 2.85. The molecule has 2 aromatic rings. The molecule has 0 spiro atoms. The lowest BCUT2D eigenvalue weighted by molar-refractivity contribution is 0.355. The van der Waals surface area contributed by atoms with E-state index in [4.69, 9.17) is 13.9 Å². The Morgan fingerprint density at radius 3 is 2.29 bits per heavy atom. The molecular formula is C13H15NO3. The zero-order chi connectivity index (χ0) is 12.4. The van der Waals surface area contributed by atoms with Gasteiger partial charge in [0.15, 0.2) is 17.4 Å². The fourth-order valence-corrected chi connectivity index (χ4v) is 1.78. The van der Waals surface area contributed by atoms with Crippen LogP contribution < -0.4 is 9.47 Å². The van der Waals surface area contributed by atoms with Gasteiger partial charge in [0.05, 0.1) is 14.2 Å². The summed E-state index contributed by atoms with van der Waals surface area (Å²) in [4.78, 5) is 4.35. The standard InChI is InChI=1S/C13H15NO3/c1-8-13(14-9(2)17-8)10-5-6-11(15-3)12(7-10)16-4/h5-7H,1-4H3. The first-order chi connectivity index (χ1) is 8.15. The second-order valence-corrected chi connectivity index (χ2v) is 3.71. The van der Waals surface area contributed by atoms with E-state index in [-0.39, 0.29) is 0 Å². The van der Waals surface area contributed by atoms with E-state index >= 15 is 0 Å². The fraction of sp³-hybridized carbons (Fsp3) is 0.308. The van der Waals surface area contributed by atoms with Gasteiger partial charge in [-0.15, -0.1) is 0 Å². The van der Waals surface area contributed by atoms with Crippen molar-refractivity contribution in [2.24, 2.45) is 0 Å². The summed E-state index contributed by atoms with van der Waals surface area (Å²) in [6, 6.07) is 5.69. The Morgan fingerprint density at radius 2 is 1.76 bits per heavy atom. The van der Waals surface area contributed by atoms with Gasteiger partial charge in [0.25, 0.3) is 0 Å². The molecule has 0 aliphatic rings. The minimum absolute atomic E-state index is 0.660. The summed E-state index contributed by atoms with van der Waals surface area (Å²) in [5, 5.41) is 0. The van der Waals surface area contributed by atoms with Gasteiger partial charge in [-0.05, 0) is 25.1 Å². The number of rotatable bonds is 3. The number of hydrogen-bond acceptors (Lipinski definition) is 4. The third kappa shape index (κ3) is 2.11. The van der Waals surface area contributed by atoms with Crippen LogP contribution >= 0.6 is 0 Å². The van der Waals surface area contributed by atoms with Crippen LogP contribution in [0.1, 0.15) is 11.7 Å². The van der Waals surface area contributed by atoms with Crippen molar-refractivity contribution >= 4 is 0 Å². The summed E-state index contributed by atoms with van der Waals surface area (Å²) < 4.78 is 15.9. The average Bonchev–Trinajstić information content (AvgIpc) is 2.67. The van der Waals surface area contributed by atoms with E-state index in [0.717, 1.165) is 17.0 Å². The highest BCUT2D eigenvalue weighted by Crippen LogP contribution is 2.33. The summed E-state index contributed by atoms with van der Waals surface area (Å²) in [6.07, 6.45) is 0. The summed E-state index contributed by atoms with van der Waals surface area (Å²) in [5.41, 5.74) is 1.79. The molecule has 0 saturated carbocycles. The minimum atomic E-state index is 0.660. The van der Waals surface area contributed by atoms with E-state index in [2.05, 4.69) is 4.98 Å². The molecule has 0 unspecified atom stereocenters. The molecule has 0 saturated heterocycles.